The van der Waals surface area contributed by atoms with Crippen LogP contribution in [0.1, 0.15) is 49.9 Å². The van der Waals surface area contributed by atoms with Crippen molar-refractivity contribution >= 4 is 44.2 Å². The molecule has 1 saturated carbocycles. The molecule has 3 fully saturated rings. The summed E-state index contributed by atoms with van der Waals surface area (Å²) in [6, 6.07) is 7.86. The predicted molar refractivity (Wildman–Crippen MR) is 163 cm³/mol. The summed E-state index contributed by atoms with van der Waals surface area (Å²) in [7, 11) is -1.90. The van der Waals surface area contributed by atoms with Crippen molar-refractivity contribution in [2.24, 2.45) is 12.5 Å². The Kier molecular flexibility index (Phi) is 7.67. The molecule has 11 nitrogen and oxygen atoms in total. The molecule has 3 N–H and O–H groups in total. The van der Waals surface area contributed by atoms with E-state index in [2.05, 4.69) is 19.8 Å². The third-order valence-electron chi connectivity index (χ3n) is 8.89. The first-order valence-electron chi connectivity index (χ1n) is 14.7. The van der Waals surface area contributed by atoms with Crippen molar-refractivity contribution in [2.75, 3.05) is 54.5 Å². The zero-order valence-electron chi connectivity index (χ0n) is 24.5. The van der Waals surface area contributed by atoms with Crippen LogP contribution in [0, 0.1) is 5.41 Å². The van der Waals surface area contributed by atoms with E-state index in [1.807, 2.05) is 36.9 Å². The molecule has 1 amide bonds. The number of rotatable bonds is 8. The zero-order chi connectivity index (χ0) is 29.6. The number of hydrogen-bond acceptors (Lipinski definition) is 8. The third kappa shape index (κ3) is 5.72. The van der Waals surface area contributed by atoms with E-state index in [9.17, 15) is 18.3 Å². The highest BCUT2D eigenvalue weighted by atomic mass is 32.2. The fraction of sp³-hybridized carbons (Fsp3) is 0.533. The number of carbonyl (C=O) groups is 1. The fourth-order valence-corrected chi connectivity index (χ4v) is 7.43. The molecule has 12 heteroatoms. The Hall–Kier alpha value is -3.19. The molecular formula is C30H40N6O5S. The molecule has 1 aliphatic carbocycles. The van der Waals surface area contributed by atoms with Gasteiger partial charge in [-0.1, -0.05) is 0 Å². The van der Waals surface area contributed by atoms with E-state index >= 15 is 0 Å². The van der Waals surface area contributed by atoms with Gasteiger partial charge in [-0.15, -0.1) is 0 Å². The average molecular weight is 597 g/mol. The van der Waals surface area contributed by atoms with Crippen LogP contribution in [-0.2, 0) is 21.8 Å². The van der Waals surface area contributed by atoms with Gasteiger partial charge in [0.05, 0.1) is 41.0 Å². The maximum Gasteiger partial charge on any atom is 0.258 e. The van der Waals surface area contributed by atoms with Gasteiger partial charge in [0.15, 0.2) is 5.82 Å². The summed E-state index contributed by atoms with van der Waals surface area (Å²) in [5.74, 6) is 0.882. The summed E-state index contributed by atoms with van der Waals surface area (Å²) in [5, 5.41) is 13.4. The van der Waals surface area contributed by atoms with Gasteiger partial charge < -0.3 is 29.5 Å². The Labute approximate surface area is 246 Å². The van der Waals surface area contributed by atoms with Crippen molar-refractivity contribution in [1.29, 1.82) is 0 Å². The second kappa shape index (κ2) is 11.1. The SMILES string of the molecule is C[C@H](CO)NS(=O)(=O)c1ccc(C(=O)Nc2cc3ccn(C)c3c(N3CCO[C@H](C)C3)n2)c(N2CCC3(CC2)CC3)c1. The maximum absolute atomic E-state index is 13.9. The number of aliphatic hydroxyl groups is 1. The summed E-state index contributed by atoms with van der Waals surface area (Å²) < 4.78 is 36.5. The van der Waals surface area contributed by atoms with Crippen LogP contribution in [0.2, 0.25) is 0 Å². The minimum atomic E-state index is -3.89. The fourth-order valence-electron chi connectivity index (χ4n) is 6.18. The average Bonchev–Trinajstić information content (AvgIpc) is 3.62. The van der Waals surface area contributed by atoms with E-state index in [1.165, 1.54) is 18.9 Å². The Morgan fingerprint density at radius 3 is 2.60 bits per heavy atom. The largest absolute Gasteiger partial charge is 0.395 e. The lowest BCUT2D eigenvalue weighted by molar-refractivity contribution is 0.0530. The monoisotopic (exact) mass is 596 g/mol. The number of anilines is 3. The summed E-state index contributed by atoms with van der Waals surface area (Å²) in [5.41, 5.74) is 2.39. The van der Waals surface area contributed by atoms with Crippen LogP contribution in [0.15, 0.2) is 41.4 Å². The Balaban J connectivity index is 1.33. The molecule has 226 valence electrons. The van der Waals surface area contributed by atoms with Gasteiger partial charge in [-0.3, -0.25) is 4.79 Å². The number of nitrogens with one attached hydrogen (secondary N) is 2. The highest BCUT2D eigenvalue weighted by Crippen LogP contribution is 2.54. The topological polar surface area (TPSA) is 129 Å². The smallest absolute Gasteiger partial charge is 0.258 e. The number of amides is 1. The number of piperidine rings is 1. The van der Waals surface area contributed by atoms with Crippen LogP contribution in [0.25, 0.3) is 10.9 Å². The van der Waals surface area contributed by atoms with E-state index < -0.39 is 16.1 Å². The van der Waals surface area contributed by atoms with Crippen molar-refractivity contribution in [3.8, 4) is 0 Å². The molecule has 1 aromatic carbocycles. The van der Waals surface area contributed by atoms with E-state index in [-0.39, 0.29) is 23.5 Å². The first kappa shape index (κ1) is 28.9. The second-order valence-corrected chi connectivity index (χ2v) is 13.9. The number of aliphatic hydroxyl groups excluding tert-OH is 1. The van der Waals surface area contributed by atoms with E-state index in [0.717, 1.165) is 42.7 Å². The number of pyridine rings is 1. The molecule has 0 bridgehead atoms. The second-order valence-electron chi connectivity index (χ2n) is 12.1. The minimum absolute atomic E-state index is 0.0635. The number of hydrogen-bond donors (Lipinski definition) is 3. The van der Waals surface area contributed by atoms with Gasteiger partial charge >= 0.3 is 0 Å². The van der Waals surface area contributed by atoms with Crippen LogP contribution < -0.4 is 19.8 Å². The maximum atomic E-state index is 13.9. The molecule has 2 aliphatic heterocycles. The zero-order valence-corrected chi connectivity index (χ0v) is 25.3. The number of benzene rings is 1. The Morgan fingerprint density at radius 2 is 1.90 bits per heavy atom. The lowest BCUT2D eigenvalue weighted by Gasteiger charge is -2.35. The summed E-state index contributed by atoms with van der Waals surface area (Å²) in [6.07, 6.45) is 6.58. The number of aromatic nitrogens is 2. The van der Waals surface area contributed by atoms with Crippen LogP contribution >= 0.6 is 0 Å². The molecule has 1 spiro atoms. The van der Waals surface area contributed by atoms with Crippen LogP contribution in [-0.4, -0.2) is 80.5 Å². The van der Waals surface area contributed by atoms with Gasteiger partial charge in [-0.05, 0) is 75.3 Å². The van der Waals surface area contributed by atoms with E-state index in [4.69, 9.17) is 9.72 Å². The number of aryl methyl sites for hydroxylation is 1. The normalized spacial score (nSPS) is 21.1. The lowest BCUT2D eigenvalue weighted by Crippen LogP contribution is -2.41. The summed E-state index contributed by atoms with van der Waals surface area (Å²) in [6.45, 7) is 6.85. The number of sulfonamides is 1. The number of nitrogens with zero attached hydrogens (tertiary/aromatic N) is 4. The quantitative estimate of drug-likeness (QED) is 0.362. The van der Waals surface area contributed by atoms with Crippen molar-refractivity contribution < 1.29 is 23.1 Å². The number of morpholine rings is 1. The van der Waals surface area contributed by atoms with Crippen LogP contribution in [0.4, 0.5) is 17.3 Å². The molecule has 42 heavy (non-hydrogen) atoms. The molecule has 0 unspecified atom stereocenters. The highest BCUT2D eigenvalue weighted by molar-refractivity contribution is 7.89. The Bertz CT molecular complexity index is 1590. The van der Waals surface area contributed by atoms with Gasteiger partial charge in [0, 0.05) is 50.9 Å². The van der Waals surface area contributed by atoms with Crippen LogP contribution in [0.3, 0.4) is 0 Å². The molecular weight excluding hydrogens is 556 g/mol. The van der Waals surface area contributed by atoms with Gasteiger partial charge in [-0.25, -0.2) is 18.1 Å². The van der Waals surface area contributed by atoms with Gasteiger partial charge in [0.25, 0.3) is 5.91 Å². The van der Waals surface area contributed by atoms with Crippen molar-refractivity contribution in [2.45, 2.75) is 56.6 Å². The molecule has 0 radical (unpaired) electrons. The van der Waals surface area contributed by atoms with Crippen molar-refractivity contribution in [3.63, 3.8) is 0 Å². The molecule has 3 aromatic rings. The predicted octanol–water partition coefficient (Wildman–Crippen LogP) is 3.09. The van der Waals surface area contributed by atoms with E-state index in [1.54, 1.807) is 19.1 Å². The molecule has 6 rings (SSSR count). The lowest BCUT2D eigenvalue weighted by atomic mass is 9.93. The molecule has 4 heterocycles. The van der Waals surface area contributed by atoms with Crippen molar-refractivity contribution in [1.82, 2.24) is 14.3 Å². The summed E-state index contributed by atoms with van der Waals surface area (Å²) >= 11 is 0. The first-order chi connectivity index (χ1) is 20.1. The molecule has 3 aliphatic rings. The molecule has 2 saturated heterocycles. The standard InChI is InChI=1S/C30H40N6O5S/c1-20(19-37)33-42(39,40)23-4-5-24(25(17-23)35-12-9-30(7-8-30)10-13-35)29(38)32-26-16-22-6-11-34(3)27(22)28(31-26)36-14-15-41-21(2)18-36/h4-6,11,16-17,20-21,33,37H,7-10,12-15,18-19H2,1-3H3,(H,31,32,38)/t20-,21-/m1/s1. The minimum Gasteiger partial charge on any atom is -0.395 e. The first-order valence-corrected chi connectivity index (χ1v) is 16.2. The van der Waals surface area contributed by atoms with Crippen molar-refractivity contribution in [3.05, 3.63) is 42.1 Å². The molecule has 2 aromatic heterocycles. The molecule has 2 atom stereocenters. The number of fused-ring (bicyclic) bond motifs is 1. The Morgan fingerprint density at radius 1 is 1.14 bits per heavy atom. The highest BCUT2D eigenvalue weighted by Gasteiger charge is 2.44. The van der Waals surface area contributed by atoms with E-state index in [0.29, 0.717) is 42.2 Å². The van der Waals surface area contributed by atoms with Gasteiger partial charge in [-0.2, -0.15) is 0 Å². The van der Waals surface area contributed by atoms with Crippen LogP contribution in [0.5, 0.6) is 0 Å². The number of ether oxygens (including phenoxy) is 1. The summed E-state index contributed by atoms with van der Waals surface area (Å²) in [4.78, 5) is 23.2. The number of carbonyl (C=O) groups excluding carboxylic acids is 1. The van der Waals surface area contributed by atoms with Gasteiger partial charge in [0.2, 0.25) is 10.0 Å². The van der Waals surface area contributed by atoms with Gasteiger partial charge in [0.1, 0.15) is 5.82 Å². The third-order valence-corrected chi connectivity index (χ3v) is 10.5.